The molecule has 1 aliphatic heterocycles. The summed E-state index contributed by atoms with van der Waals surface area (Å²) in [5.41, 5.74) is 9.94. The van der Waals surface area contributed by atoms with Crippen LogP contribution in [0.2, 0.25) is 0 Å². The van der Waals surface area contributed by atoms with Gasteiger partial charge in [0.1, 0.15) is 30.4 Å². The van der Waals surface area contributed by atoms with Crippen molar-refractivity contribution < 1.29 is 60.5 Å². The van der Waals surface area contributed by atoms with Crippen LogP contribution in [0.1, 0.15) is 26.0 Å². The lowest BCUT2D eigenvalue weighted by molar-refractivity contribution is -0.754. The number of aliphatic carboxylic acids is 1. The number of carbonyl (C=O) groups is 3. The van der Waals surface area contributed by atoms with Crippen molar-refractivity contribution in [3.05, 3.63) is 47.5 Å². The number of hydrogen-bond acceptors (Lipinski definition) is 14. The summed E-state index contributed by atoms with van der Waals surface area (Å²) in [5.74, 6) is -5.14. The van der Waals surface area contributed by atoms with Gasteiger partial charge in [0, 0.05) is 30.0 Å². The Balaban J connectivity index is 1.47. The molecule has 3 aromatic rings. The van der Waals surface area contributed by atoms with Crippen molar-refractivity contribution in [2.24, 2.45) is 23.9 Å². The number of hydroxylamine groups is 2. The minimum atomic E-state index is -5.02. The molecule has 0 radical (unpaired) electrons. The third kappa shape index (κ3) is 8.29. The number of carbonyl (C=O) groups excluding carboxylic acids is 2. The molecule has 1 aromatic carbocycles. The number of halogens is 1. The maximum absolute atomic E-state index is 15.1. The molecule has 4 rings (SSSR count). The number of carboxylic acid groups (broad SMARTS) is 1. The lowest BCUT2D eigenvalue weighted by Crippen LogP contribution is -2.68. The molecule has 21 heteroatoms. The van der Waals surface area contributed by atoms with Gasteiger partial charge < -0.3 is 31.3 Å². The Morgan fingerprint density at radius 1 is 1.31 bits per heavy atom. The molecule has 260 valence electrons. The number of nitrogen functional groups attached to an aromatic ring is 1. The van der Waals surface area contributed by atoms with Gasteiger partial charge in [-0.05, 0) is 26.0 Å². The van der Waals surface area contributed by atoms with Gasteiger partial charge in [-0.1, -0.05) is 5.16 Å². The fourth-order valence-corrected chi connectivity index (χ4v) is 5.71. The van der Waals surface area contributed by atoms with Crippen molar-refractivity contribution in [1.82, 2.24) is 14.7 Å². The molecule has 0 aliphatic carbocycles. The standard InChI is InChI=1S/C27H32FN7O11S2/c1-27(2)18(24(38)35(27)46-48(41,42)43)7-21(37)23(20-13-47-26(30)31-20)32-45-22(25(39)40)12-44-16-4-5-17(19(28)6-16)14-9-33(3)34(10-14)11-15(36)8-29/h4-6,9-10,13,15,18,22,36H,7-8,11-12,29H2,1-3H3,(H3-,30,31,39,40,41,42,43)/p+1/b32-23-/t15-,18+,22-/m0/s1. The molecule has 7 N–H and O–H groups in total. The molecule has 0 bridgehead atoms. The number of thiazole rings is 1. The van der Waals surface area contributed by atoms with Crippen molar-refractivity contribution in [3.63, 3.8) is 0 Å². The number of aryl methyl sites for hydroxylation is 1. The van der Waals surface area contributed by atoms with Gasteiger partial charge in [0.05, 0.1) is 29.3 Å². The summed E-state index contributed by atoms with van der Waals surface area (Å²) in [6.07, 6.45) is 0.138. The third-order valence-corrected chi connectivity index (χ3v) is 8.36. The number of ketones is 1. The quantitative estimate of drug-likeness (QED) is 0.0418. The molecule has 0 unspecified atom stereocenters. The fraction of sp³-hybridized carbons (Fsp3) is 0.407. The zero-order valence-corrected chi connectivity index (χ0v) is 27.4. The highest BCUT2D eigenvalue weighted by Crippen LogP contribution is 2.40. The SMILES string of the molecule is C[n+]1cc(-c2ccc(OC[C@H](O/N=C(\C(=O)C[C@@H]3C(=O)N(OS(=O)(=O)O)C3(C)C)c3csc(N)n3)C(=O)O)cc2F)cn1C[C@@H](O)CN. The van der Waals surface area contributed by atoms with E-state index < -0.39 is 76.3 Å². The van der Waals surface area contributed by atoms with Gasteiger partial charge in [-0.3, -0.25) is 14.1 Å². The van der Waals surface area contributed by atoms with E-state index in [2.05, 4.69) is 14.4 Å². The highest BCUT2D eigenvalue weighted by molar-refractivity contribution is 7.80. The largest absolute Gasteiger partial charge is 0.489 e. The Labute approximate surface area is 276 Å². The molecule has 3 atom stereocenters. The number of anilines is 1. The van der Waals surface area contributed by atoms with Gasteiger partial charge in [0.25, 0.3) is 12.0 Å². The number of amides is 1. The van der Waals surface area contributed by atoms with E-state index in [4.69, 9.17) is 25.6 Å². The van der Waals surface area contributed by atoms with Crippen molar-refractivity contribution >= 4 is 50.2 Å². The Kier molecular flexibility index (Phi) is 10.8. The molecule has 0 saturated carbocycles. The molecular formula is C27H33FN7O11S2+. The molecule has 2 aromatic heterocycles. The number of aromatic nitrogens is 3. The van der Waals surface area contributed by atoms with Gasteiger partial charge in [0.15, 0.2) is 23.7 Å². The third-order valence-electron chi connectivity index (χ3n) is 7.35. The van der Waals surface area contributed by atoms with Crippen LogP contribution in [0.4, 0.5) is 9.52 Å². The van der Waals surface area contributed by atoms with Crippen LogP contribution >= 0.6 is 11.3 Å². The van der Waals surface area contributed by atoms with Crippen molar-refractivity contribution in [2.45, 2.75) is 44.6 Å². The first-order valence-corrected chi connectivity index (χ1v) is 16.2. The van der Waals surface area contributed by atoms with E-state index in [1.807, 2.05) is 0 Å². The van der Waals surface area contributed by atoms with Crippen LogP contribution in [0.5, 0.6) is 5.75 Å². The van der Waals surface area contributed by atoms with Gasteiger partial charge in [0.2, 0.25) is 6.20 Å². The van der Waals surface area contributed by atoms with E-state index in [0.717, 1.165) is 17.4 Å². The number of aliphatic hydroxyl groups is 1. The van der Waals surface area contributed by atoms with Gasteiger partial charge >= 0.3 is 16.4 Å². The second-order valence-corrected chi connectivity index (χ2v) is 13.1. The Morgan fingerprint density at radius 2 is 2.02 bits per heavy atom. The molecular weight excluding hydrogens is 681 g/mol. The monoisotopic (exact) mass is 714 g/mol. The normalized spacial score (nSPS) is 17.5. The molecule has 0 spiro atoms. The van der Waals surface area contributed by atoms with E-state index >= 15 is 4.39 Å². The van der Waals surface area contributed by atoms with E-state index in [1.54, 1.807) is 28.8 Å². The number of nitrogens with zero attached hydrogens (tertiary/aromatic N) is 5. The molecule has 18 nitrogen and oxygen atoms in total. The van der Waals surface area contributed by atoms with Crippen LogP contribution in [0, 0.1) is 11.7 Å². The first-order valence-electron chi connectivity index (χ1n) is 14.0. The van der Waals surface area contributed by atoms with E-state index in [1.165, 1.54) is 31.4 Å². The van der Waals surface area contributed by atoms with E-state index in [0.29, 0.717) is 10.6 Å². The predicted octanol–water partition coefficient (Wildman–Crippen LogP) is -0.339. The van der Waals surface area contributed by atoms with E-state index in [-0.39, 0.29) is 35.2 Å². The van der Waals surface area contributed by atoms with Crippen molar-refractivity contribution in [3.8, 4) is 16.9 Å². The molecule has 3 heterocycles. The second kappa shape index (κ2) is 14.3. The average molecular weight is 715 g/mol. The minimum absolute atomic E-state index is 0.0385. The molecule has 1 aliphatic rings. The highest BCUT2D eigenvalue weighted by atomic mass is 32.3. The smallest absolute Gasteiger partial charge is 0.418 e. The zero-order valence-electron chi connectivity index (χ0n) is 25.7. The average Bonchev–Trinajstić information content (AvgIpc) is 3.59. The lowest BCUT2D eigenvalue weighted by atomic mass is 9.74. The molecule has 48 heavy (non-hydrogen) atoms. The number of hydrogen-bond donors (Lipinski definition) is 5. The number of aliphatic hydroxyl groups excluding tert-OH is 1. The first-order chi connectivity index (χ1) is 22.4. The Bertz CT molecular complexity index is 1840. The zero-order chi connectivity index (χ0) is 35.6. The second-order valence-electron chi connectivity index (χ2n) is 11.2. The number of ether oxygens (including phenoxy) is 1. The van der Waals surface area contributed by atoms with Crippen LogP contribution in [-0.2, 0) is 47.5 Å². The Hall–Kier alpha value is -4.54. The van der Waals surface area contributed by atoms with Crippen LogP contribution in [0.15, 0.2) is 41.1 Å². The summed E-state index contributed by atoms with van der Waals surface area (Å²) in [5, 5.41) is 25.1. The van der Waals surface area contributed by atoms with Gasteiger partial charge in [-0.15, -0.1) is 20.3 Å². The summed E-state index contributed by atoms with van der Waals surface area (Å²) >= 11 is 0.943. The molecule has 1 fully saturated rings. The molecule has 1 amide bonds. The fourth-order valence-electron chi connectivity index (χ4n) is 4.71. The topological polar surface area (TPSA) is 263 Å². The summed E-state index contributed by atoms with van der Waals surface area (Å²) in [7, 11) is -3.31. The highest BCUT2D eigenvalue weighted by Gasteiger charge is 2.57. The van der Waals surface area contributed by atoms with Crippen LogP contribution in [0.25, 0.3) is 11.1 Å². The lowest BCUT2D eigenvalue weighted by Gasteiger charge is -2.50. The van der Waals surface area contributed by atoms with Crippen LogP contribution in [0.3, 0.4) is 0 Å². The Morgan fingerprint density at radius 3 is 2.58 bits per heavy atom. The first kappa shape index (κ1) is 36.3. The summed E-state index contributed by atoms with van der Waals surface area (Å²) < 4.78 is 59.3. The van der Waals surface area contributed by atoms with Gasteiger partial charge in [-0.25, -0.2) is 14.2 Å². The van der Waals surface area contributed by atoms with Crippen molar-refractivity contribution in [2.75, 3.05) is 18.9 Å². The maximum atomic E-state index is 15.1. The molecule has 1 saturated heterocycles. The number of carboxylic acids is 1. The minimum Gasteiger partial charge on any atom is -0.489 e. The van der Waals surface area contributed by atoms with Crippen LogP contribution < -0.4 is 20.9 Å². The van der Waals surface area contributed by atoms with E-state index in [9.17, 15) is 33.0 Å². The summed E-state index contributed by atoms with van der Waals surface area (Å²) in [6.45, 7) is 2.36. The number of Topliss-reactive ketones (excluding diaryl/α,β-unsaturated/α-hetero) is 1. The van der Waals surface area contributed by atoms with Crippen molar-refractivity contribution in [1.29, 1.82) is 0 Å². The number of benzene rings is 1. The summed E-state index contributed by atoms with van der Waals surface area (Å²) in [4.78, 5) is 47.0. The summed E-state index contributed by atoms with van der Waals surface area (Å²) in [6, 6.07) is 3.88. The maximum Gasteiger partial charge on any atom is 0.418 e. The number of β-lactam (4-membered cyclic amide) rings is 1. The van der Waals surface area contributed by atoms with Gasteiger partial charge in [-0.2, -0.15) is 18.2 Å². The predicted molar refractivity (Wildman–Crippen MR) is 164 cm³/mol. The number of oxime groups is 1. The number of rotatable bonds is 16. The van der Waals surface area contributed by atoms with Crippen LogP contribution in [-0.4, -0.2) is 92.2 Å². The number of nitrogens with two attached hydrogens (primary N) is 2.